The van der Waals surface area contributed by atoms with E-state index in [1.54, 1.807) is 0 Å². The van der Waals surface area contributed by atoms with Crippen molar-refractivity contribution >= 4 is 0 Å². The van der Waals surface area contributed by atoms with E-state index in [1.807, 2.05) is 0 Å². The van der Waals surface area contributed by atoms with Gasteiger partial charge in [0.15, 0.2) is 0 Å². The maximum Gasteiger partial charge on any atom is 0.142 e. The quantitative estimate of drug-likeness (QED) is 0.290. The molecule has 0 saturated carbocycles. The summed E-state index contributed by atoms with van der Waals surface area (Å²) in [7, 11) is 0. The molecular weight excluding hydrogens is 246 g/mol. The Balaban J connectivity index is 4.44. The molecule has 0 aromatic rings. The Bertz CT molecular complexity index is 170. The zero-order chi connectivity index (χ0) is 14.4. The van der Waals surface area contributed by atoms with Crippen LogP contribution in [0.4, 0.5) is 0 Å². The van der Waals surface area contributed by atoms with Crippen LogP contribution in [-0.2, 0) is 9.68 Å². The molecule has 0 fully saturated rings. The predicted molar refractivity (Wildman–Crippen MR) is 75.1 cm³/mol. The molecule has 0 aliphatic rings. The summed E-state index contributed by atoms with van der Waals surface area (Å²) in [5, 5.41) is 17.7. The number of nitrogens with zero attached hydrogens (tertiary/aromatic N) is 1. The molecule has 116 valence electrons. The lowest BCUT2D eigenvalue weighted by atomic mass is 10.3. The second kappa shape index (κ2) is 12.8. The van der Waals surface area contributed by atoms with Crippen LogP contribution in [0.1, 0.15) is 52.4 Å². The molecule has 2 N–H and O–H groups in total. The Morgan fingerprint density at radius 1 is 0.737 bits per heavy atom. The van der Waals surface area contributed by atoms with Gasteiger partial charge in [0, 0.05) is 26.1 Å². The van der Waals surface area contributed by atoms with E-state index in [0.29, 0.717) is 26.1 Å². The number of hydroxylamine groups is 4. The topological polar surface area (TPSA) is 58.9 Å². The van der Waals surface area contributed by atoms with E-state index in [4.69, 9.17) is 19.9 Å². The minimum atomic E-state index is 0.137. The third-order valence-corrected chi connectivity index (χ3v) is 2.96. The third kappa shape index (κ3) is 9.35. The minimum Gasteiger partial charge on any atom is -0.396 e. The number of aliphatic hydroxyl groups is 2. The number of unbranched alkanes of at least 4 members (excludes halogenated alkanes) is 2. The van der Waals surface area contributed by atoms with Crippen molar-refractivity contribution in [1.29, 1.82) is 0 Å². The fourth-order valence-corrected chi connectivity index (χ4v) is 1.80. The highest BCUT2D eigenvalue weighted by Crippen LogP contribution is 2.16. The van der Waals surface area contributed by atoms with E-state index in [1.165, 1.54) is 0 Å². The molecule has 0 aliphatic heterocycles. The molecule has 0 aromatic carbocycles. The Morgan fingerprint density at radius 2 is 1.16 bits per heavy atom. The predicted octanol–water partition coefficient (Wildman–Crippen LogP) is 2.03. The summed E-state index contributed by atoms with van der Waals surface area (Å²) in [6.45, 7) is 7.23. The molecule has 0 atom stereocenters. The van der Waals surface area contributed by atoms with Gasteiger partial charge >= 0.3 is 0 Å². The van der Waals surface area contributed by atoms with Crippen molar-refractivity contribution in [3.63, 3.8) is 0 Å². The van der Waals surface area contributed by atoms with Crippen molar-refractivity contribution in [2.75, 3.05) is 39.5 Å². The minimum absolute atomic E-state index is 0.137. The first kappa shape index (κ1) is 18.8. The highest BCUT2D eigenvalue weighted by molar-refractivity contribution is 4.36. The van der Waals surface area contributed by atoms with Crippen molar-refractivity contribution in [1.82, 2.24) is 0 Å². The monoisotopic (exact) mass is 278 g/mol. The summed E-state index contributed by atoms with van der Waals surface area (Å²) < 4.78 is 0. The molecule has 0 heterocycles. The molecule has 0 aromatic heterocycles. The van der Waals surface area contributed by atoms with Crippen LogP contribution in [0.2, 0.25) is 0 Å². The first-order valence-corrected chi connectivity index (χ1v) is 7.62. The second-order valence-corrected chi connectivity index (χ2v) is 4.79. The van der Waals surface area contributed by atoms with Gasteiger partial charge in [-0.2, -0.15) is 9.68 Å². The van der Waals surface area contributed by atoms with Gasteiger partial charge in [0.05, 0.1) is 0 Å². The number of rotatable bonds is 14. The molecular formula is C14H32NO4+. The third-order valence-electron chi connectivity index (χ3n) is 2.96. The first-order valence-electron chi connectivity index (χ1n) is 7.62. The van der Waals surface area contributed by atoms with Gasteiger partial charge in [0.2, 0.25) is 0 Å². The van der Waals surface area contributed by atoms with Crippen LogP contribution in [0.15, 0.2) is 0 Å². The van der Waals surface area contributed by atoms with Gasteiger partial charge in [-0.1, -0.05) is 26.7 Å². The molecule has 0 radical (unpaired) electrons. The summed E-state index contributed by atoms with van der Waals surface area (Å²) >= 11 is 0. The highest BCUT2D eigenvalue weighted by Gasteiger charge is 2.31. The van der Waals surface area contributed by atoms with Crippen LogP contribution in [-0.4, -0.2) is 54.5 Å². The molecule has 0 amide bonds. The second-order valence-electron chi connectivity index (χ2n) is 4.79. The normalized spacial score (nSPS) is 12.0. The smallest absolute Gasteiger partial charge is 0.142 e. The van der Waals surface area contributed by atoms with Crippen LogP contribution in [0, 0.1) is 0 Å². The number of hydrogen-bond acceptors (Lipinski definition) is 4. The molecule has 19 heavy (non-hydrogen) atoms. The lowest BCUT2D eigenvalue weighted by Crippen LogP contribution is -2.49. The standard InChI is InChI=1S/C14H32NO4/c1-3-5-9-15(10-6-4-2,18-13-7-11-16)19-14-8-12-17/h16-17H,3-14H2,1-2H3/q+1. The molecule has 5 nitrogen and oxygen atoms in total. The number of aliphatic hydroxyl groups excluding tert-OH is 2. The largest absolute Gasteiger partial charge is 0.396 e. The summed E-state index contributed by atoms with van der Waals surface area (Å²) in [6.07, 6.45) is 5.53. The fourth-order valence-electron chi connectivity index (χ4n) is 1.80. The van der Waals surface area contributed by atoms with E-state index >= 15 is 0 Å². The van der Waals surface area contributed by atoms with Crippen LogP contribution < -0.4 is 0 Å². The van der Waals surface area contributed by atoms with Gasteiger partial charge in [-0.15, -0.1) is 0 Å². The molecule has 0 saturated heterocycles. The van der Waals surface area contributed by atoms with Crippen LogP contribution in [0.5, 0.6) is 0 Å². The van der Waals surface area contributed by atoms with E-state index in [2.05, 4.69) is 13.8 Å². The molecule has 0 unspecified atom stereocenters. The Kier molecular flexibility index (Phi) is 12.7. The van der Waals surface area contributed by atoms with E-state index in [0.717, 1.165) is 38.8 Å². The Labute approximate surface area is 117 Å². The first-order chi connectivity index (χ1) is 9.24. The highest BCUT2D eigenvalue weighted by atomic mass is 17.0. The SMILES string of the molecule is CCCC[N+](CCCC)(OCCCO)OCCCO. The van der Waals surface area contributed by atoms with Crippen molar-refractivity contribution in [2.45, 2.75) is 52.4 Å². The van der Waals surface area contributed by atoms with Crippen LogP contribution in [0.3, 0.4) is 0 Å². The van der Waals surface area contributed by atoms with Gasteiger partial charge in [0.25, 0.3) is 0 Å². The van der Waals surface area contributed by atoms with Crippen LogP contribution >= 0.6 is 0 Å². The van der Waals surface area contributed by atoms with Crippen molar-refractivity contribution in [2.24, 2.45) is 0 Å². The summed E-state index contributed by atoms with van der Waals surface area (Å²) in [4.78, 5) is 12.0. The van der Waals surface area contributed by atoms with Gasteiger partial charge in [-0.25, -0.2) is 0 Å². The van der Waals surface area contributed by atoms with Gasteiger partial charge in [-0.3, -0.25) is 0 Å². The summed E-state index contributed by atoms with van der Waals surface area (Å²) in [5.41, 5.74) is 0. The molecule has 5 heteroatoms. The maximum absolute atomic E-state index is 8.87. The zero-order valence-electron chi connectivity index (χ0n) is 12.6. The van der Waals surface area contributed by atoms with Crippen LogP contribution in [0.25, 0.3) is 0 Å². The van der Waals surface area contributed by atoms with Crippen molar-refractivity contribution < 1.29 is 24.7 Å². The summed E-state index contributed by atoms with van der Waals surface area (Å²) in [6, 6.07) is 0. The molecule has 0 rings (SSSR count). The van der Waals surface area contributed by atoms with Gasteiger partial charge < -0.3 is 10.2 Å². The fraction of sp³-hybridized carbons (Fsp3) is 1.00. The molecule has 0 spiro atoms. The van der Waals surface area contributed by atoms with E-state index in [9.17, 15) is 0 Å². The molecule has 0 bridgehead atoms. The maximum atomic E-state index is 8.87. The van der Waals surface area contributed by atoms with E-state index < -0.39 is 0 Å². The average molecular weight is 278 g/mol. The van der Waals surface area contributed by atoms with Gasteiger partial charge in [-0.05, 0) is 17.7 Å². The molecule has 0 aliphatic carbocycles. The van der Waals surface area contributed by atoms with Crippen molar-refractivity contribution in [3.05, 3.63) is 0 Å². The van der Waals surface area contributed by atoms with Gasteiger partial charge in [0.1, 0.15) is 26.3 Å². The average Bonchev–Trinajstić information content (AvgIpc) is 2.43. The summed E-state index contributed by atoms with van der Waals surface area (Å²) in [5.74, 6) is 0. The van der Waals surface area contributed by atoms with E-state index in [-0.39, 0.29) is 18.0 Å². The lowest BCUT2D eigenvalue weighted by Gasteiger charge is -2.32. The number of hydrogen-bond donors (Lipinski definition) is 2. The number of quaternary nitrogens is 1. The Morgan fingerprint density at radius 3 is 1.47 bits per heavy atom. The Hall–Kier alpha value is -0.200. The van der Waals surface area contributed by atoms with Crippen molar-refractivity contribution in [3.8, 4) is 0 Å². The lowest BCUT2D eigenvalue weighted by molar-refractivity contribution is -1.25. The zero-order valence-corrected chi connectivity index (χ0v) is 12.6.